The molecule has 0 aromatic carbocycles. The molecule has 1 aliphatic rings. The molecule has 0 atom stereocenters. The van der Waals surface area contributed by atoms with E-state index in [0.717, 1.165) is 25.7 Å². The molecule has 0 nitrogen and oxygen atoms in total. The van der Waals surface area contributed by atoms with Crippen molar-refractivity contribution in [3.63, 3.8) is 0 Å². The predicted octanol–water partition coefficient (Wildman–Crippen LogP) is 3.49. The van der Waals surface area contributed by atoms with Crippen LogP contribution in [0.2, 0.25) is 0 Å². The molecular weight excluding hydrogens is 134 g/mol. The van der Waals surface area contributed by atoms with Gasteiger partial charge in [0.15, 0.2) is 0 Å². The Morgan fingerprint density at radius 2 is 1.40 bits per heavy atom. The van der Waals surface area contributed by atoms with Gasteiger partial charge in [0.25, 0.3) is 6.08 Å². The predicted molar refractivity (Wildman–Crippen MR) is 36.9 cm³/mol. The second kappa shape index (κ2) is 3.69. The van der Waals surface area contributed by atoms with Crippen molar-refractivity contribution in [3.05, 3.63) is 11.7 Å². The summed E-state index contributed by atoms with van der Waals surface area (Å²) in [5, 5.41) is 0. The van der Waals surface area contributed by atoms with Crippen LogP contribution in [-0.2, 0) is 0 Å². The lowest BCUT2D eigenvalue weighted by Gasteiger charge is -1.97. The summed E-state index contributed by atoms with van der Waals surface area (Å²) in [5.41, 5.74) is 0.400. The van der Waals surface area contributed by atoms with Crippen LogP contribution in [0, 0.1) is 0 Å². The normalized spacial score (nSPS) is 20.4. The summed E-state index contributed by atoms with van der Waals surface area (Å²) in [7, 11) is 0. The minimum absolute atomic E-state index is 0.400. The number of hydrogen-bond acceptors (Lipinski definition) is 0. The maximum atomic E-state index is 12.0. The van der Waals surface area contributed by atoms with Gasteiger partial charge >= 0.3 is 0 Å². The minimum Gasteiger partial charge on any atom is -0.173 e. The number of rotatable bonds is 0. The summed E-state index contributed by atoms with van der Waals surface area (Å²) >= 11 is 0. The van der Waals surface area contributed by atoms with Crippen LogP contribution in [0.4, 0.5) is 8.78 Å². The van der Waals surface area contributed by atoms with Crippen molar-refractivity contribution in [1.29, 1.82) is 0 Å². The highest BCUT2D eigenvalue weighted by molar-refractivity contribution is 5.03. The zero-order chi connectivity index (χ0) is 7.40. The lowest BCUT2D eigenvalue weighted by atomic mass is 10.1. The van der Waals surface area contributed by atoms with E-state index in [2.05, 4.69) is 0 Å². The van der Waals surface area contributed by atoms with Gasteiger partial charge in [0.05, 0.1) is 0 Å². The molecule has 0 saturated heterocycles. The van der Waals surface area contributed by atoms with E-state index < -0.39 is 6.08 Å². The average Bonchev–Trinajstić information content (AvgIpc) is 2.12. The molecule has 58 valence electrons. The molecule has 10 heavy (non-hydrogen) atoms. The fourth-order valence-corrected chi connectivity index (χ4v) is 1.34. The Morgan fingerprint density at radius 1 is 0.900 bits per heavy atom. The first-order valence-corrected chi connectivity index (χ1v) is 3.84. The van der Waals surface area contributed by atoms with Gasteiger partial charge in [-0.1, -0.05) is 12.8 Å². The first-order valence-electron chi connectivity index (χ1n) is 3.84. The molecule has 2 heteroatoms. The molecule has 0 bridgehead atoms. The lowest BCUT2D eigenvalue weighted by molar-refractivity contribution is 0.403. The Labute approximate surface area is 59.9 Å². The van der Waals surface area contributed by atoms with Crippen molar-refractivity contribution in [3.8, 4) is 0 Å². The van der Waals surface area contributed by atoms with Crippen LogP contribution in [0.25, 0.3) is 0 Å². The molecule has 0 unspecified atom stereocenters. The third kappa shape index (κ3) is 2.09. The Hall–Kier alpha value is -0.400. The van der Waals surface area contributed by atoms with Crippen molar-refractivity contribution in [2.24, 2.45) is 0 Å². The van der Waals surface area contributed by atoms with Crippen LogP contribution in [0.5, 0.6) is 0 Å². The molecule has 1 aliphatic carbocycles. The lowest BCUT2D eigenvalue weighted by Crippen LogP contribution is -1.81. The van der Waals surface area contributed by atoms with Gasteiger partial charge in [0, 0.05) is 0 Å². The summed E-state index contributed by atoms with van der Waals surface area (Å²) in [4.78, 5) is 0. The van der Waals surface area contributed by atoms with E-state index in [1.54, 1.807) is 0 Å². The number of hydrogen-bond donors (Lipinski definition) is 0. The van der Waals surface area contributed by atoms with Gasteiger partial charge in [-0.15, -0.1) is 0 Å². The molecule has 0 N–H and O–H groups in total. The molecule has 0 aromatic heterocycles. The Morgan fingerprint density at radius 3 is 1.80 bits per heavy atom. The van der Waals surface area contributed by atoms with Crippen LogP contribution < -0.4 is 0 Å². The van der Waals surface area contributed by atoms with E-state index in [9.17, 15) is 8.78 Å². The molecule has 0 radical (unpaired) electrons. The van der Waals surface area contributed by atoms with Crippen molar-refractivity contribution in [1.82, 2.24) is 0 Å². The Bertz CT molecular complexity index is 124. The molecule has 0 heterocycles. The minimum atomic E-state index is -1.43. The van der Waals surface area contributed by atoms with Gasteiger partial charge in [0.1, 0.15) is 0 Å². The summed E-state index contributed by atoms with van der Waals surface area (Å²) in [6.07, 6.45) is 3.97. The zero-order valence-corrected chi connectivity index (χ0v) is 6.00. The average molecular weight is 146 g/mol. The van der Waals surface area contributed by atoms with E-state index in [1.807, 2.05) is 0 Å². The van der Waals surface area contributed by atoms with Crippen molar-refractivity contribution >= 4 is 0 Å². The smallest absolute Gasteiger partial charge is 0.173 e. The van der Waals surface area contributed by atoms with Crippen molar-refractivity contribution < 1.29 is 8.78 Å². The van der Waals surface area contributed by atoms with E-state index in [-0.39, 0.29) is 0 Å². The first-order chi connectivity index (χ1) is 4.80. The molecule has 1 rings (SSSR count). The standard InChI is InChI=1S/C8H12F2/c9-8(10)7-5-3-1-2-4-6-7/h1-6H2. The molecule has 1 saturated carbocycles. The number of allylic oxidation sites excluding steroid dienone is 1. The largest absolute Gasteiger partial charge is 0.269 e. The highest BCUT2D eigenvalue weighted by Crippen LogP contribution is 2.25. The Kier molecular flexibility index (Phi) is 2.84. The van der Waals surface area contributed by atoms with Gasteiger partial charge in [0.2, 0.25) is 0 Å². The van der Waals surface area contributed by atoms with Crippen molar-refractivity contribution in [2.45, 2.75) is 38.5 Å². The van der Waals surface area contributed by atoms with E-state index in [4.69, 9.17) is 0 Å². The SMILES string of the molecule is FC(F)=C1CCCCCC1. The zero-order valence-electron chi connectivity index (χ0n) is 6.00. The molecular formula is C8H12F2. The van der Waals surface area contributed by atoms with Crippen LogP contribution in [0.15, 0.2) is 11.7 Å². The maximum Gasteiger partial charge on any atom is 0.269 e. The summed E-state index contributed by atoms with van der Waals surface area (Å²) < 4.78 is 24.0. The third-order valence-electron chi connectivity index (χ3n) is 1.97. The fourth-order valence-electron chi connectivity index (χ4n) is 1.34. The third-order valence-corrected chi connectivity index (χ3v) is 1.97. The highest BCUT2D eigenvalue weighted by atomic mass is 19.3. The van der Waals surface area contributed by atoms with Gasteiger partial charge < -0.3 is 0 Å². The summed E-state index contributed by atoms with van der Waals surface area (Å²) in [6, 6.07) is 0. The summed E-state index contributed by atoms with van der Waals surface area (Å²) in [5.74, 6) is 0. The molecule has 0 amide bonds. The second-order valence-corrected chi connectivity index (χ2v) is 2.78. The quantitative estimate of drug-likeness (QED) is 0.459. The fraction of sp³-hybridized carbons (Fsp3) is 0.750. The molecule has 0 spiro atoms. The van der Waals surface area contributed by atoms with Crippen LogP contribution in [0.3, 0.4) is 0 Å². The van der Waals surface area contributed by atoms with E-state index in [0.29, 0.717) is 18.4 Å². The highest BCUT2D eigenvalue weighted by Gasteiger charge is 2.08. The monoisotopic (exact) mass is 146 g/mol. The molecule has 1 fully saturated rings. The van der Waals surface area contributed by atoms with Crippen molar-refractivity contribution in [2.75, 3.05) is 0 Å². The summed E-state index contributed by atoms with van der Waals surface area (Å²) in [6.45, 7) is 0. The second-order valence-electron chi connectivity index (χ2n) is 2.78. The Balaban J connectivity index is 2.51. The van der Waals surface area contributed by atoms with Gasteiger partial charge in [-0.25, -0.2) is 0 Å². The van der Waals surface area contributed by atoms with Gasteiger partial charge in [-0.2, -0.15) is 8.78 Å². The van der Waals surface area contributed by atoms with Gasteiger partial charge in [-0.05, 0) is 31.3 Å². The molecule has 0 aromatic rings. The topological polar surface area (TPSA) is 0 Å². The van der Waals surface area contributed by atoms with Crippen LogP contribution >= 0.6 is 0 Å². The van der Waals surface area contributed by atoms with E-state index >= 15 is 0 Å². The first kappa shape index (κ1) is 7.70. The molecule has 0 aliphatic heterocycles. The maximum absolute atomic E-state index is 12.0. The van der Waals surface area contributed by atoms with Gasteiger partial charge in [-0.3, -0.25) is 0 Å². The van der Waals surface area contributed by atoms with Crippen LogP contribution in [0.1, 0.15) is 38.5 Å². The van der Waals surface area contributed by atoms with Crippen LogP contribution in [-0.4, -0.2) is 0 Å². The number of halogens is 2. The van der Waals surface area contributed by atoms with E-state index in [1.165, 1.54) is 0 Å².